The van der Waals surface area contributed by atoms with Crippen molar-refractivity contribution in [2.24, 2.45) is 0 Å². The molecule has 1 amide bonds. The Morgan fingerprint density at radius 1 is 0.628 bits per heavy atom. The number of carbonyl (C=O) groups is 1. The first-order valence-corrected chi connectivity index (χ1v) is 15.6. The van der Waals surface area contributed by atoms with Crippen molar-refractivity contribution in [3.8, 4) is 5.75 Å². The van der Waals surface area contributed by atoms with E-state index in [1.54, 1.807) is 0 Å². The van der Waals surface area contributed by atoms with Crippen molar-refractivity contribution in [2.75, 3.05) is 86.7 Å². The zero-order chi connectivity index (χ0) is 29.6. The highest BCUT2D eigenvalue weighted by Gasteiger charge is 2.34. The summed E-state index contributed by atoms with van der Waals surface area (Å²) >= 11 is 0. The Morgan fingerprint density at radius 2 is 1.14 bits per heavy atom. The van der Waals surface area contributed by atoms with E-state index in [0.717, 1.165) is 101 Å². The quantitative estimate of drug-likeness (QED) is 0.315. The van der Waals surface area contributed by atoms with Crippen molar-refractivity contribution in [3.05, 3.63) is 84.4 Å². The van der Waals surface area contributed by atoms with E-state index in [2.05, 4.69) is 19.6 Å². The Labute approximate surface area is 253 Å². The molecule has 0 radical (unpaired) electrons. The van der Waals surface area contributed by atoms with Gasteiger partial charge in [-0.2, -0.15) is 0 Å². The summed E-state index contributed by atoms with van der Waals surface area (Å²) in [5, 5.41) is 0. The summed E-state index contributed by atoms with van der Waals surface area (Å²) in [6, 6.07) is 21.3. The third-order valence-corrected chi connectivity index (χ3v) is 8.91. The van der Waals surface area contributed by atoms with Gasteiger partial charge >= 0.3 is 0 Å². The van der Waals surface area contributed by atoms with Crippen molar-refractivity contribution in [3.63, 3.8) is 0 Å². The van der Waals surface area contributed by atoms with E-state index in [1.807, 2.05) is 53.4 Å². The summed E-state index contributed by atoms with van der Waals surface area (Å²) < 4.78 is 32.8. The summed E-state index contributed by atoms with van der Waals surface area (Å²) in [4.78, 5) is 25.0. The number of anilines is 3. The molecule has 3 aliphatic heterocycles. The number of hydrogen-bond acceptors (Lipinski definition) is 6. The van der Waals surface area contributed by atoms with Gasteiger partial charge in [0, 0.05) is 83.2 Å². The van der Waals surface area contributed by atoms with E-state index >= 15 is 0 Å². The van der Waals surface area contributed by atoms with Gasteiger partial charge in [0.15, 0.2) is 6.10 Å². The van der Waals surface area contributed by atoms with Crippen LogP contribution in [0.15, 0.2) is 72.8 Å². The van der Waals surface area contributed by atoms with Crippen LogP contribution in [-0.4, -0.2) is 93.8 Å². The van der Waals surface area contributed by atoms with Crippen LogP contribution in [0.2, 0.25) is 0 Å². The molecule has 2 saturated heterocycles. The van der Waals surface area contributed by atoms with E-state index in [9.17, 15) is 13.6 Å². The molecule has 0 saturated carbocycles. The van der Waals surface area contributed by atoms with Gasteiger partial charge in [-0.3, -0.25) is 14.6 Å². The fraction of sp³-hybridized carbons (Fsp3) is 0.441. The summed E-state index contributed by atoms with van der Waals surface area (Å²) in [6.07, 6.45) is 2.12. The monoisotopic (exact) mass is 589 g/mol. The summed E-state index contributed by atoms with van der Waals surface area (Å²) in [6.45, 7) is 9.87. The Morgan fingerprint density at radius 3 is 1.72 bits per heavy atom. The van der Waals surface area contributed by atoms with Gasteiger partial charge in [0.25, 0.3) is 5.91 Å². The molecule has 3 aromatic carbocycles. The number of unbranched alkanes of at least 4 members (excludes halogenated alkanes) is 1. The number of carbonyl (C=O) groups excluding carboxylic acids is 1. The van der Waals surface area contributed by atoms with Crippen LogP contribution in [0.25, 0.3) is 0 Å². The largest absolute Gasteiger partial charge is 0.478 e. The Kier molecular flexibility index (Phi) is 9.39. The van der Waals surface area contributed by atoms with E-state index in [0.29, 0.717) is 13.0 Å². The van der Waals surface area contributed by atoms with Crippen molar-refractivity contribution in [1.82, 2.24) is 9.80 Å². The van der Waals surface area contributed by atoms with E-state index in [-0.39, 0.29) is 17.5 Å². The molecule has 7 nitrogen and oxygen atoms in total. The molecule has 43 heavy (non-hydrogen) atoms. The minimum absolute atomic E-state index is 0.0524. The molecule has 9 heteroatoms. The average molecular weight is 590 g/mol. The molecule has 3 heterocycles. The van der Waals surface area contributed by atoms with Crippen LogP contribution in [-0.2, 0) is 4.79 Å². The van der Waals surface area contributed by atoms with Crippen molar-refractivity contribution in [2.45, 2.75) is 25.4 Å². The van der Waals surface area contributed by atoms with Crippen LogP contribution in [0.1, 0.15) is 19.3 Å². The fourth-order valence-electron chi connectivity index (χ4n) is 6.36. The first kappa shape index (κ1) is 29.4. The lowest BCUT2D eigenvalue weighted by Crippen LogP contribution is -2.50. The number of benzene rings is 3. The van der Waals surface area contributed by atoms with E-state index in [4.69, 9.17) is 4.74 Å². The van der Waals surface area contributed by atoms with Gasteiger partial charge in [-0.25, -0.2) is 8.78 Å². The number of para-hydroxylation sites is 2. The second-order valence-electron chi connectivity index (χ2n) is 11.7. The second-order valence-corrected chi connectivity index (χ2v) is 11.7. The van der Waals surface area contributed by atoms with Crippen LogP contribution in [0.5, 0.6) is 5.75 Å². The van der Waals surface area contributed by atoms with Crippen molar-refractivity contribution < 1.29 is 18.3 Å². The van der Waals surface area contributed by atoms with Gasteiger partial charge < -0.3 is 19.4 Å². The third-order valence-electron chi connectivity index (χ3n) is 8.91. The smallest absolute Gasteiger partial charge is 0.268 e. The van der Waals surface area contributed by atoms with Gasteiger partial charge in [-0.15, -0.1) is 0 Å². The molecule has 2 fully saturated rings. The van der Waals surface area contributed by atoms with Crippen molar-refractivity contribution >= 4 is 23.0 Å². The number of nitrogens with zero attached hydrogens (tertiary/aromatic N) is 5. The highest BCUT2D eigenvalue weighted by molar-refractivity contribution is 6.00. The average Bonchev–Trinajstić information content (AvgIpc) is 3.04. The molecule has 1 unspecified atom stereocenters. The number of ether oxygens (including phenoxy) is 1. The standard InChI is InChI=1S/C34H41F2N5O2/c35-27-7-11-29(12-8-27)39-23-19-37(20-24-39)16-3-4-17-41-31-5-1-2-6-32(31)43-33(34(41)42)15-18-38-21-25-40(26-22-38)30-13-9-28(36)10-14-30/h1-2,5-14,33H,3-4,15-26H2. The van der Waals surface area contributed by atoms with Crippen LogP contribution in [0.3, 0.4) is 0 Å². The Hall–Kier alpha value is -3.69. The predicted molar refractivity (Wildman–Crippen MR) is 167 cm³/mol. The van der Waals surface area contributed by atoms with Crippen LogP contribution < -0.4 is 19.4 Å². The number of amides is 1. The third kappa shape index (κ3) is 7.28. The summed E-state index contributed by atoms with van der Waals surface area (Å²) in [5.41, 5.74) is 2.99. The minimum atomic E-state index is -0.482. The van der Waals surface area contributed by atoms with Gasteiger partial charge in [0.2, 0.25) is 0 Å². The lowest BCUT2D eigenvalue weighted by molar-refractivity contribution is -0.126. The van der Waals surface area contributed by atoms with Crippen molar-refractivity contribution in [1.29, 1.82) is 0 Å². The molecule has 0 aliphatic carbocycles. The summed E-state index contributed by atoms with van der Waals surface area (Å²) in [5.74, 6) is 0.419. The molecule has 3 aromatic rings. The lowest BCUT2D eigenvalue weighted by Gasteiger charge is -2.38. The number of hydrogen-bond donors (Lipinski definition) is 0. The minimum Gasteiger partial charge on any atom is -0.478 e. The van der Waals surface area contributed by atoms with E-state index in [1.165, 1.54) is 24.3 Å². The number of halogens is 2. The molecule has 0 N–H and O–H groups in total. The molecule has 0 bridgehead atoms. The highest BCUT2D eigenvalue weighted by atomic mass is 19.1. The second kappa shape index (κ2) is 13.7. The van der Waals surface area contributed by atoms with Gasteiger partial charge in [0.1, 0.15) is 17.4 Å². The molecule has 228 valence electrons. The van der Waals surface area contributed by atoms with E-state index < -0.39 is 6.10 Å². The van der Waals surface area contributed by atoms with Crippen LogP contribution in [0, 0.1) is 11.6 Å². The van der Waals surface area contributed by atoms with Gasteiger partial charge in [-0.05, 0) is 80.1 Å². The maximum atomic E-state index is 13.6. The first-order valence-electron chi connectivity index (χ1n) is 15.6. The fourth-order valence-corrected chi connectivity index (χ4v) is 6.36. The number of fused-ring (bicyclic) bond motifs is 1. The van der Waals surface area contributed by atoms with Gasteiger partial charge in [0.05, 0.1) is 5.69 Å². The van der Waals surface area contributed by atoms with Crippen LogP contribution in [0.4, 0.5) is 25.8 Å². The molecule has 0 aromatic heterocycles. The molecule has 3 aliphatic rings. The van der Waals surface area contributed by atoms with Crippen LogP contribution >= 0.6 is 0 Å². The normalized spacial score (nSPS) is 19.8. The molecule has 0 spiro atoms. The zero-order valence-corrected chi connectivity index (χ0v) is 24.7. The molecular formula is C34H41F2N5O2. The maximum absolute atomic E-state index is 13.6. The number of piperazine rings is 2. The zero-order valence-electron chi connectivity index (χ0n) is 24.7. The molecule has 1 atom stereocenters. The molecular weight excluding hydrogens is 548 g/mol. The predicted octanol–water partition coefficient (Wildman–Crippen LogP) is 4.87. The highest BCUT2D eigenvalue weighted by Crippen LogP contribution is 2.35. The number of rotatable bonds is 10. The topological polar surface area (TPSA) is 42.5 Å². The van der Waals surface area contributed by atoms with Gasteiger partial charge in [-0.1, -0.05) is 12.1 Å². The molecule has 6 rings (SSSR count). The Bertz CT molecular complexity index is 1340. The SMILES string of the molecule is O=C1C(CCN2CCN(c3ccc(F)cc3)CC2)Oc2ccccc2N1CCCCN1CCN(c2ccc(F)cc2)CC1. The first-order chi connectivity index (χ1) is 21.0. The summed E-state index contributed by atoms with van der Waals surface area (Å²) in [7, 11) is 0. The maximum Gasteiger partial charge on any atom is 0.268 e. The lowest BCUT2D eigenvalue weighted by atomic mass is 10.1. The Balaban J connectivity index is 0.957.